The normalized spacial score (nSPS) is 29.9. The molecule has 0 aromatic heterocycles. The summed E-state index contributed by atoms with van der Waals surface area (Å²) in [6.07, 6.45) is -2.87. The lowest BCUT2D eigenvalue weighted by molar-refractivity contribution is -0.160. The molecule has 2 rings (SSSR count). The Kier molecular flexibility index (Phi) is 3.33. The lowest BCUT2D eigenvalue weighted by Crippen LogP contribution is -2.46. The summed E-state index contributed by atoms with van der Waals surface area (Å²) in [5.41, 5.74) is 0. The fourth-order valence-corrected chi connectivity index (χ4v) is 2.16. The van der Waals surface area contributed by atoms with E-state index < -0.39 is 30.2 Å². The minimum atomic E-state index is -3.10. The van der Waals surface area contributed by atoms with Crippen LogP contribution in [0, 0.1) is 0 Å². The van der Waals surface area contributed by atoms with Crippen LogP contribution < -0.4 is 5.32 Å². The lowest BCUT2D eigenvalue weighted by atomic mass is 10.1. The minimum Gasteiger partial charge on any atom is -0.340 e. The van der Waals surface area contributed by atoms with Gasteiger partial charge in [-0.2, -0.15) is 5.10 Å². The molecule has 1 N–H and O–H groups in total. The van der Waals surface area contributed by atoms with E-state index in [0.717, 1.165) is 10.1 Å². The van der Waals surface area contributed by atoms with Gasteiger partial charge in [0.1, 0.15) is 18.4 Å². The van der Waals surface area contributed by atoms with Crippen molar-refractivity contribution < 1.29 is 22.8 Å². The van der Waals surface area contributed by atoms with E-state index in [1.165, 1.54) is 14.2 Å². The summed E-state index contributed by atoms with van der Waals surface area (Å²) in [5.74, 6) is -3.95. The van der Waals surface area contributed by atoms with Crippen molar-refractivity contribution in [2.45, 2.75) is 37.6 Å². The number of alkyl halides is 3. The zero-order valence-electron chi connectivity index (χ0n) is 10.7. The van der Waals surface area contributed by atoms with Gasteiger partial charge < -0.3 is 5.32 Å². The van der Waals surface area contributed by atoms with Gasteiger partial charge in [-0.3, -0.25) is 14.6 Å². The number of carbonyl (C=O) groups is 1. The van der Waals surface area contributed by atoms with Crippen LogP contribution in [0.2, 0.25) is 0 Å². The second-order valence-corrected chi connectivity index (χ2v) is 4.63. The third-order valence-corrected chi connectivity index (χ3v) is 3.24. The van der Waals surface area contributed by atoms with Crippen LogP contribution in [0.1, 0.15) is 13.3 Å². The fourth-order valence-electron chi connectivity index (χ4n) is 2.16. The molecule has 0 radical (unpaired) electrons. The molecule has 19 heavy (non-hydrogen) atoms. The van der Waals surface area contributed by atoms with E-state index in [2.05, 4.69) is 15.3 Å². The van der Waals surface area contributed by atoms with Gasteiger partial charge in [0.2, 0.25) is 5.84 Å². The molecule has 2 aliphatic heterocycles. The highest BCUT2D eigenvalue weighted by Gasteiger charge is 2.54. The van der Waals surface area contributed by atoms with E-state index in [9.17, 15) is 18.0 Å². The molecule has 1 saturated heterocycles. The monoisotopic (exact) mass is 280 g/mol. The van der Waals surface area contributed by atoms with Crippen molar-refractivity contribution >= 4 is 11.7 Å². The number of amidine groups is 1. The summed E-state index contributed by atoms with van der Waals surface area (Å²) < 4.78 is 40.4. The third-order valence-electron chi connectivity index (χ3n) is 3.24. The summed E-state index contributed by atoms with van der Waals surface area (Å²) >= 11 is 0. The van der Waals surface area contributed by atoms with Crippen LogP contribution in [0.15, 0.2) is 5.10 Å². The molecule has 0 saturated carbocycles. The molecule has 0 aromatic rings. The Labute approximate surface area is 108 Å². The number of hydrogen-bond acceptors (Lipinski definition) is 5. The van der Waals surface area contributed by atoms with Gasteiger partial charge >= 0.3 is 5.91 Å². The summed E-state index contributed by atoms with van der Waals surface area (Å²) in [4.78, 5) is 16.4. The molecular weight excluding hydrogens is 265 g/mol. The highest BCUT2D eigenvalue weighted by molar-refractivity contribution is 6.37. The van der Waals surface area contributed by atoms with Crippen molar-refractivity contribution in [3.63, 3.8) is 0 Å². The second-order valence-electron chi connectivity index (χ2n) is 4.63. The van der Waals surface area contributed by atoms with Gasteiger partial charge in [0.25, 0.3) is 5.92 Å². The number of rotatable bonds is 3. The molecule has 0 spiro atoms. The van der Waals surface area contributed by atoms with E-state index >= 15 is 0 Å². The summed E-state index contributed by atoms with van der Waals surface area (Å²) in [7, 11) is 2.62. The van der Waals surface area contributed by atoms with E-state index in [1.54, 1.807) is 0 Å². The highest BCUT2D eigenvalue weighted by Crippen LogP contribution is 2.37. The number of likely N-dealkylation sites (N-methyl/N-ethyl adjacent to an activating group) is 1. The molecule has 2 aliphatic rings. The zero-order valence-corrected chi connectivity index (χ0v) is 10.7. The topological polar surface area (TPSA) is 57.2 Å². The van der Waals surface area contributed by atoms with Crippen molar-refractivity contribution in [2.75, 3.05) is 14.2 Å². The quantitative estimate of drug-likeness (QED) is 0.756. The smallest absolute Gasteiger partial charge is 0.314 e. The van der Waals surface area contributed by atoms with Crippen LogP contribution in [0.4, 0.5) is 13.2 Å². The van der Waals surface area contributed by atoms with Gasteiger partial charge in [0, 0.05) is 20.4 Å². The van der Waals surface area contributed by atoms with Crippen LogP contribution in [0.5, 0.6) is 0 Å². The van der Waals surface area contributed by atoms with E-state index in [-0.39, 0.29) is 12.3 Å². The number of hydrazone groups is 1. The maximum absolute atomic E-state index is 13.7. The average molecular weight is 280 g/mol. The Hall–Kier alpha value is -1.51. The Bertz CT molecular complexity index is 412. The maximum Gasteiger partial charge on any atom is 0.314 e. The SMILES string of the molecule is CON(C)C(=O)C1=NN2C(N1)C(F)CC2C(C)(F)F. The van der Waals surface area contributed by atoms with Crippen molar-refractivity contribution in [3.8, 4) is 0 Å². The zero-order chi connectivity index (χ0) is 14.4. The Morgan fingerprint density at radius 1 is 1.63 bits per heavy atom. The summed E-state index contributed by atoms with van der Waals surface area (Å²) in [5, 5.41) is 8.09. The number of nitrogens with zero attached hydrogens (tertiary/aromatic N) is 3. The number of amides is 1. The van der Waals surface area contributed by atoms with Crippen LogP contribution in [0.25, 0.3) is 0 Å². The number of halogens is 3. The molecule has 2 heterocycles. The van der Waals surface area contributed by atoms with E-state index in [0.29, 0.717) is 6.92 Å². The summed E-state index contributed by atoms with van der Waals surface area (Å²) in [6.45, 7) is 0.712. The molecule has 0 aliphatic carbocycles. The van der Waals surface area contributed by atoms with Gasteiger partial charge in [-0.1, -0.05) is 0 Å². The second kappa shape index (κ2) is 4.55. The first kappa shape index (κ1) is 13.9. The molecule has 6 nitrogen and oxygen atoms in total. The highest BCUT2D eigenvalue weighted by atomic mass is 19.3. The molecule has 3 atom stereocenters. The first-order chi connectivity index (χ1) is 8.75. The van der Waals surface area contributed by atoms with Gasteiger partial charge in [-0.05, 0) is 0 Å². The Morgan fingerprint density at radius 3 is 2.79 bits per heavy atom. The average Bonchev–Trinajstić information content (AvgIpc) is 2.87. The van der Waals surface area contributed by atoms with Crippen LogP contribution in [-0.2, 0) is 9.63 Å². The van der Waals surface area contributed by atoms with Gasteiger partial charge in [0.15, 0.2) is 0 Å². The standard InChI is InChI=1S/C10H15F3N4O2/c1-10(12,13)6-4-5(11)8-14-7(15-17(6)8)9(18)16(2)19-3/h5-6,8H,4H2,1-3H3,(H,14,15). The van der Waals surface area contributed by atoms with Crippen molar-refractivity contribution in [3.05, 3.63) is 0 Å². The Balaban J connectivity index is 2.20. The van der Waals surface area contributed by atoms with E-state index in [1.807, 2.05) is 0 Å². The molecular formula is C10H15F3N4O2. The van der Waals surface area contributed by atoms with Gasteiger partial charge in [-0.25, -0.2) is 18.2 Å². The summed E-state index contributed by atoms with van der Waals surface area (Å²) in [6, 6.07) is -1.36. The van der Waals surface area contributed by atoms with Crippen molar-refractivity contribution in [1.82, 2.24) is 15.4 Å². The molecule has 9 heteroatoms. The molecule has 0 aromatic carbocycles. The first-order valence-electron chi connectivity index (χ1n) is 5.73. The van der Waals surface area contributed by atoms with Crippen LogP contribution in [0.3, 0.4) is 0 Å². The fraction of sp³-hybridized carbons (Fsp3) is 0.800. The molecule has 108 valence electrons. The molecule has 0 bridgehead atoms. The first-order valence-corrected chi connectivity index (χ1v) is 5.73. The number of hydrogen-bond donors (Lipinski definition) is 1. The predicted octanol–water partition coefficient (Wildman–Crippen LogP) is 0.317. The molecule has 1 amide bonds. The molecule has 1 fully saturated rings. The van der Waals surface area contributed by atoms with Gasteiger partial charge in [0.05, 0.1) is 7.11 Å². The molecule has 3 unspecified atom stereocenters. The van der Waals surface area contributed by atoms with Crippen molar-refractivity contribution in [2.24, 2.45) is 5.10 Å². The number of fused-ring (bicyclic) bond motifs is 1. The lowest BCUT2D eigenvalue weighted by Gasteiger charge is -2.25. The largest absolute Gasteiger partial charge is 0.340 e. The number of carbonyl (C=O) groups excluding carboxylic acids is 1. The van der Waals surface area contributed by atoms with E-state index in [4.69, 9.17) is 0 Å². The third kappa shape index (κ3) is 2.34. The van der Waals surface area contributed by atoms with Crippen LogP contribution in [-0.4, -0.2) is 60.3 Å². The van der Waals surface area contributed by atoms with Gasteiger partial charge in [-0.15, -0.1) is 0 Å². The maximum atomic E-state index is 13.7. The number of nitrogens with one attached hydrogen (secondary N) is 1. The minimum absolute atomic E-state index is 0.203. The van der Waals surface area contributed by atoms with Crippen LogP contribution >= 0.6 is 0 Å². The van der Waals surface area contributed by atoms with Crippen molar-refractivity contribution in [1.29, 1.82) is 0 Å². The Morgan fingerprint density at radius 2 is 2.26 bits per heavy atom. The predicted molar refractivity (Wildman–Crippen MR) is 59.9 cm³/mol. The number of hydroxylamine groups is 2.